The summed E-state index contributed by atoms with van der Waals surface area (Å²) in [6.07, 6.45) is 3.21. The van der Waals surface area contributed by atoms with Gasteiger partial charge in [0, 0.05) is 33.2 Å². The van der Waals surface area contributed by atoms with E-state index >= 15 is 0 Å². The molecule has 162 valence electrons. The number of rotatable bonds is 4. The minimum absolute atomic E-state index is 0.00626. The molecule has 13 nitrogen and oxygen atoms in total. The predicted molar refractivity (Wildman–Crippen MR) is 108 cm³/mol. The highest BCUT2D eigenvalue weighted by atomic mass is 16.2. The Balaban J connectivity index is 1.19. The molecule has 0 saturated carbocycles. The Bertz CT molecular complexity index is 1080. The van der Waals surface area contributed by atoms with Gasteiger partial charge in [-0.2, -0.15) is 4.52 Å². The summed E-state index contributed by atoms with van der Waals surface area (Å²) in [4.78, 5) is 47.8. The summed E-state index contributed by atoms with van der Waals surface area (Å²) in [5.74, 6) is 0.235. The van der Waals surface area contributed by atoms with Crippen molar-refractivity contribution in [2.24, 2.45) is 4.99 Å². The lowest BCUT2D eigenvalue weighted by molar-refractivity contribution is -0.136. The molecule has 0 aliphatic carbocycles. The van der Waals surface area contributed by atoms with Crippen LogP contribution in [-0.4, -0.2) is 111 Å². The molecule has 13 heteroatoms. The first-order valence-corrected chi connectivity index (χ1v) is 9.97. The monoisotopic (exact) mass is 426 g/mol. The average molecular weight is 426 g/mol. The quantitative estimate of drug-likeness (QED) is 0.617. The number of aromatic nitrogens is 4. The van der Waals surface area contributed by atoms with Crippen molar-refractivity contribution in [3.05, 3.63) is 18.5 Å². The van der Waals surface area contributed by atoms with Gasteiger partial charge in [0.1, 0.15) is 12.1 Å². The molecule has 0 bridgehead atoms. The van der Waals surface area contributed by atoms with Crippen molar-refractivity contribution in [3.63, 3.8) is 0 Å². The van der Waals surface area contributed by atoms with Gasteiger partial charge in [-0.05, 0) is 18.6 Å². The number of hydrogen-bond donors (Lipinski definition) is 1. The third-order valence-electron chi connectivity index (χ3n) is 5.93. The normalized spacial score (nSPS) is 25.7. The number of amides is 4. The van der Waals surface area contributed by atoms with E-state index in [0.29, 0.717) is 12.2 Å². The zero-order valence-corrected chi connectivity index (χ0v) is 17.1. The van der Waals surface area contributed by atoms with Crippen LogP contribution < -0.4 is 10.2 Å². The fourth-order valence-electron chi connectivity index (χ4n) is 4.25. The van der Waals surface area contributed by atoms with Crippen LogP contribution >= 0.6 is 0 Å². The number of urea groups is 1. The van der Waals surface area contributed by atoms with Gasteiger partial charge in [-0.25, -0.2) is 9.79 Å². The first-order valence-electron chi connectivity index (χ1n) is 9.97. The molecule has 5 heterocycles. The van der Waals surface area contributed by atoms with E-state index in [0.717, 1.165) is 23.7 Å². The van der Waals surface area contributed by atoms with Crippen LogP contribution in [0.3, 0.4) is 0 Å². The summed E-state index contributed by atoms with van der Waals surface area (Å²) in [7, 11) is 3.04. The topological polar surface area (TPSA) is 132 Å². The standard InChI is InChI=1S/C18H22N10O3/c1-24-16-15(17(30)25(2)18(24)31)27(9-19-16)8-14(29)21-11-5-6-26(7-11)13-4-3-12-22-20-10-28(12)23-13/h3-4,9-11,15-16H,5-8H2,1-2H3,(H,21,29). The molecule has 1 N–H and O–H groups in total. The van der Waals surface area contributed by atoms with Crippen LogP contribution in [0.1, 0.15) is 6.42 Å². The van der Waals surface area contributed by atoms with E-state index in [4.69, 9.17) is 0 Å². The van der Waals surface area contributed by atoms with Crippen LogP contribution in [0.2, 0.25) is 0 Å². The van der Waals surface area contributed by atoms with E-state index in [1.54, 1.807) is 22.8 Å². The van der Waals surface area contributed by atoms with E-state index in [2.05, 4.69) is 30.5 Å². The van der Waals surface area contributed by atoms with E-state index in [-0.39, 0.29) is 24.4 Å². The van der Waals surface area contributed by atoms with E-state index in [1.807, 2.05) is 12.1 Å². The number of anilines is 1. The molecular formula is C18H22N10O3. The molecule has 4 amide bonds. The zero-order valence-electron chi connectivity index (χ0n) is 17.1. The predicted octanol–water partition coefficient (Wildman–Crippen LogP) is -1.62. The van der Waals surface area contributed by atoms with Gasteiger partial charge >= 0.3 is 6.03 Å². The Hall–Kier alpha value is -3.77. The highest BCUT2D eigenvalue weighted by molar-refractivity contribution is 6.02. The molecule has 2 aromatic heterocycles. The molecular weight excluding hydrogens is 404 g/mol. The molecule has 31 heavy (non-hydrogen) atoms. The number of carbonyl (C=O) groups excluding carboxylic acids is 3. The van der Waals surface area contributed by atoms with Crippen LogP contribution in [0, 0.1) is 0 Å². The van der Waals surface area contributed by atoms with Gasteiger partial charge in [0.25, 0.3) is 5.91 Å². The fourth-order valence-corrected chi connectivity index (χ4v) is 4.25. The summed E-state index contributed by atoms with van der Waals surface area (Å²) in [5, 5.41) is 15.3. The van der Waals surface area contributed by atoms with Gasteiger partial charge in [0.15, 0.2) is 17.9 Å². The van der Waals surface area contributed by atoms with Gasteiger partial charge in [0.05, 0.1) is 12.9 Å². The lowest BCUT2D eigenvalue weighted by Crippen LogP contribution is -2.64. The van der Waals surface area contributed by atoms with Crippen molar-refractivity contribution in [2.75, 3.05) is 38.6 Å². The highest BCUT2D eigenvalue weighted by Crippen LogP contribution is 2.24. The maximum Gasteiger partial charge on any atom is 0.328 e. The Labute approximate surface area is 177 Å². The van der Waals surface area contributed by atoms with Crippen molar-refractivity contribution >= 4 is 35.6 Å². The maximum atomic E-state index is 12.7. The van der Waals surface area contributed by atoms with Crippen LogP contribution in [0.15, 0.2) is 23.5 Å². The average Bonchev–Trinajstić information content (AvgIpc) is 3.49. The number of nitrogens with one attached hydrogen (secondary N) is 1. The summed E-state index contributed by atoms with van der Waals surface area (Å²) >= 11 is 0. The maximum absolute atomic E-state index is 12.7. The van der Waals surface area contributed by atoms with E-state index in [9.17, 15) is 14.4 Å². The van der Waals surface area contributed by atoms with Crippen LogP contribution in [0.5, 0.6) is 0 Å². The molecule has 3 aliphatic heterocycles. The van der Waals surface area contributed by atoms with Crippen molar-refractivity contribution in [1.29, 1.82) is 0 Å². The summed E-state index contributed by atoms with van der Waals surface area (Å²) < 4.78 is 1.62. The van der Waals surface area contributed by atoms with Crippen LogP contribution in [0.4, 0.5) is 10.6 Å². The number of imide groups is 1. The Morgan fingerprint density at radius 2 is 2.10 bits per heavy atom. The minimum atomic E-state index is -0.682. The van der Waals surface area contributed by atoms with Crippen LogP contribution in [0.25, 0.3) is 5.65 Å². The van der Waals surface area contributed by atoms with Crippen molar-refractivity contribution in [3.8, 4) is 0 Å². The molecule has 0 radical (unpaired) electrons. The van der Waals surface area contributed by atoms with E-state index in [1.165, 1.54) is 18.3 Å². The number of fused-ring (bicyclic) bond motifs is 2. The number of nitrogens with zero attached hydrogens (tertiary/aromatic N) is 9. The van der Waals surface area contributed by atoms with Crippen molar-refractivity contribution in [2.45, 2.75) is 24.7 Å². The number of aliphatic imine (C=N–C) groups is 1. The third-order valence-corrected chi connectivity index (χ3v) is 5.93. The largest absolute Gasteiger partial charge is 0.353 e. The molecule has 2 fully saturated rings. The molecule has 5 rings (SSSR count). The molecule has 3 unspecified atom stereocenters. The zero-order chi connectivity index (χ0) is 21.7. The second kappa shape index (κ2) is 7.18. The minimum Gasteiger partial charge on any atom is -0.353 e. The molecule has 3 atom stereocenters. The van der Waals surface area contributed by atoms with E-state index < -0.39 is 18.2 Å². The smallest absolute Gasteiger partial charge is 0.328 e. The second-order valence-corrected chi connectivity index (χ2v) is 7.91. The van der Waals surface area contributed by atoms with Crippen LogP contribution in [-0.2, 0) is 9.59 Å². The summed E-state index contributed by atoms with van der Waals surface area (Å²) in [6, 6.07) is 2.62. The Kier molecular flexibility index (Phi) is 4.45. The molecule has 0 aromatic carbocycles. The lowest BCUT2D eigenvalue weighted by Gasteiger charge is -2.39. The van der Waals surface area contributed by atoms with Gasteiger partial charge in [0.2, 0.25) is 5.91 Å². The summed E-state index contributed by atoms with van der Waals surface area (Å²) in [6.45, 7) is 1.39. The van der Waals surface area contributed by atoms with Gasteiger partial charge in [-0.3, -0.25) is 14.5 Å². The summed E-state index contributed by atoms with van der Waals surface area (Å²) in [5.41, 5.74) is 0.675. The first kappa shape index (κ1) is 19.2. The third kappa shape index (κ3) is 3.21. The van der Waals surface area contributed by atoms with Gasteiger partial charge < -0.3 is 20.0 Å². The number of hydrogen-bond acceptors (Lipinski definition) is 9. The second-order valence-electron chi connectivity index (χ2n) is 7.91. The Morgan fingerprint density at radius 1 is 1.26 bits per heavy atom. The first-order chi connectivity index (χ1) is 14.9. The van der Waals surface area contributed by atoms with Crippen molar-refractivity contribution in [1.82, 2.24) is 39.8 Å². The highest BCUT2D eigenvalue weighted by Gasteiger charge is 2.48. The Morgan fingerprint density at radius 3 is 2.94 bits per heavy atom. The SMILES string of the molecule is CN1C(=O)C2C(N=CN2CC(=O)NC2CCN(c3ccc4nncn4n3)C2)N(C)C1=O. The molecule has 2 saturated heterocycles. The van der Waals surface area contributed by atoms with Gasteiger partial charge in [-0.1, -0.05) is 0 Å². The fraction of sp³-hybridized carbons (Fsp3) is 0.500. The number of carbonyl (C=O) groups is 3. The van der Waals surface area contributed by atoms with Crippen molar-refractivity contribution < 1.29 is 14.4 Å². The molecule has 2 aromatic rings. The molecule has 3 aliphatic rings. The van der Waals surface area contributed by atoms with Gasteiger partial charge in [-0.15, -0.1) is 15.3 Å². The molecule has 0 spiro atoms. The lowest BCUT2D eigenvalue weighted by atomic mass is 10.1. The number of likely N-dealkylation sites (N-methyl/N-ethyl adjacent to an activating group) is 2.